The number of aromatic nitrogens is 2. The van der Waals surface area contributed by atoms with E-state index in [1.54, 1.807) is 0 Å². The summed E-state index contributed by atoms with van der Waals surface area (Å²) >= 11 is 0. The van der Waals surface area contributed by atoms with Crippen LogP contribution in [0.2, 0.25) is 0 Å². The first kappa shape index (κ1) is 39.9. The molecule has 1 aliphatic rings. The molecule has 0 atom stereocenters. The van der Waals surface area contributed by atoms with Crippen LogP contribution in [0.15, 0.2) is 253 Å². The van der Waals surface area contributed by atoms with Gasteiger partial charge in [-0.05, 0) is 128 Å². The highest BCUT2D eigenvalue weighted by Gasteiger charge is 2.25. The van der Waals surface area contributed by atoms with E-state index in [2.05, 4.69) is 258 Å². The van der Waals surface area contributed by atoms with E-state index < -0.39 is 0 Å². The molecule has 0 unspecified atom stereocenters. The van der Waals surface area contributed by atoms with E-state index in [1.165, 1.54) is 77.1 Å². The summed E-state index contributed by atoms with van der Waals surface area (Å²) in [6.07, 6.45) is 2.95. The maximum atomic E-state index is 6.68. The fourth-order valence-electron chi connectivity index (χ4n) is 11.2. The third kappa shape index (κ3) is 6.36. The molecule has 0 N–H and O–H groups in total. The molecule has 0 spiro atoms. The lowest BCUT2D eigenvalue weighted by Gasteiger charge is -2.17. The van der Waals surface area contributed by atoms with E-state index in [4.69, 9.17) is 4.42 Å². The maximum Gasteiger partial charge on any atom is 0.135 e. The summed E-state index contributed by atoms with van der Waals surface area (Å²) in [5, 5.41) is 5.95. The van der Waals surface area contributed by atoms with Crippen LogP contribution in [0.3, 0.4) is 0 Å². The quantitative estimate of drug-likeness (QED) is 0.156. The van der Waals surface area contributed by atoms with Gasteiger partial charge in [0.2, 0.25) is 0 Å². The average molecular weight is 893 g/mol. The Morgan fingerprint density at radius 3 is 1.60 bits per heavy atom. The highest BCUT2D eigenvalue weighted by atomic mass is 16.3. The van der Waals surface area contributed by atoms with E-state index in [1.807, 2.05) is 0 Å². The lowest BCUT2D eigenvalue weighted by molar-refractivity contribution is 0.561. The first-order chi connectivity index (χ1) is 34.6. The molecule has 0 radical (unpaired) electrons. The second-order valence-corrected chi connectivity index (χ2v) is 18.5. The second kappa shape index (κ2) is 16.0. The molecule has 1 aliphatic carbocycles. The van der Waals surface area contributed by atoms with Crippen molar-refractivity contribution in [2.24, 2.45) is 0 Å². The van der Waals surface area contributed by atoms with Gasteiger partial charge in [0.1, 0.15) is 11.3 Å². The number of para-hydroxylation sites is 2. The zero-order valence-electron chi connectivity index (χ0n) is 38.3. The number of hydrogen-bond acceptors (Lipinski definition) is 1. The zero-order chi connectivity index (χ0) is 46.3. The van der Waals surface area contributed by atoms with Crippen molar-refractivity contribution in [3.8, 4) is 55.9 Å². The Labute approximate surface area is 405 Å². The summed E-state index contributed by atoms with van der Waals surface area (Å²) in [6, 6.07) is 85.8. The molecule has 70 heavy (non-hydrogen) atoms. The Bertz CT molecular complexity index is 4260. The standard InChI is InChI=1S/C67H44N2O/c1-43-37-67-60(42-55(43)49-31-35-65-56(40-49)54-26-14-16-28-62(54)69(65)61-27-15-13-25-53(61)46-21-9-4-10-22-46)59-41-50(32-36-66(59)70-67)68-63-33-29-47(44-17-5-2-6-18-44)38-57(63)58-39-48(30-34-64(58)68)52-24-12-11-23-51(52)45-19-7-3-8-20-45/h2-36,38-42H,1,37H2. The molecule has 3 heterocycles. The lowest BCUT2D eigenvalue weighted by Crippen LogP contribution is -2.00. The van der Waals surface area contributed by atoms with Crippen molar-refractivity contribution in [3.63, 3.8) is 0 Å². The van der Waals surface area contributed by atoms with Crippen LogP contribution in [0.4, 0.5) is 0 Å². The Balaban J connectivity index is 0.914. The smallest absolute Gasteiger partial charge is 0.135 e. The number of rotatable bonds is 7. The molecule has 3 nitrogen and oxygen atoms in total. The highest BCUT2D eigenvalue weighted by Crippen LogP contribution is 2.44. The van der Waals surface area contributed by atoms with Crippen molar-refractivity contribution in [3.05, 3.63) is 266 Å². The number of allylic oxidation sites excluding steroid dienone is 2. The van der Waals surface area contributed by atoms with Crippen LogP contribution in [-0.4, -0.2) is 9.13 Å². The third-order valence-corrected chi connectivity index (χ3v) is 14.5. The second-order valence-electron chi connectivity index (χ2n) is 18.5. The SMILES string of the molecule is C=C1Cc2oc3ccc(-n4c5ccc(-c6ccccc6)cc5c5cc(-c6ccccc6-c6ccccc6)ccc54)cc3c2C=C1c1ccc2c(c1)c1ccccc1n2-c1ccccc1-c1ccccc1. The molecule has 0 saturated heterocycles. The molecule has 3 aromatic heterocycles. The maximum absolute atomic E-state index is 6.68. The lowest BCUT2D eigenvalue weighted by atomic mass is 9.87. The summed E-state index contributed by atoms with van der Waals surface area (Å²) in [7, 11) is 0. The predicted octanol–water partition coefficient (Wildman–Crippen LogP) is 17.9. The van der Waals surface area contributed by atoms with Crippen LogP contribution in [0.1, 0.15) is 16.9 Å². The van der Waals surface area contributed by atoms with Crippen molar-refractivity contribution in [1.82, 2.24) is 9.13 Å². The Hall–Kier alpha value is -9.18. The van der Waals surface area contributed by atoms with E-state index in [9.17, 15) is 0 Å². The molecule has 0 amide bonds. The van der Waals surface area contributed by atoms with Crippen LogP contribution >= 0.6 is 0 Å². The van der Waals surface area contributed by atoms with Crippen LogP contribution in [0.5, 0.6) is 0 Å². The van der Waals surface area contributed by atoms with Gasteiger partial charge in [-0.3, -0.25) is 0 Å². The summed E-state index contributed by atoms with van der Waals surface area (Å²) in [5.41, 5.74) is 21.8. The first-order valence-corrected chi connectivity index (χ1v) is 24.1. The van der Waals surface area contributed by atoms with Crippen LogP contribution in [-0.2, 0) is 6.42 Å². The van der Waals surface area contributed by atoms with Gasteiger partial charge in [-0.1, -0.05) is 176 Å². The predicted molar refractivity (Wildman–Crippen MR) is 294 cm³/mol. The topological polar surface area (TPSA) is 23.0 Å². The summed E-state index contributed by atoms with van der Waals surface area (Å²) in [4.78, 5) is 0. The summed E-state index contributed by atoms with van der Waals surface area (Å²) in [5.74, 6) is 0.951. The number of furan rings is 1. The van der Waals surface area contributed by atoms with Gasteiger partial charge in [-0.15, -0.1) is 0 Å². The number of fused-ring (bicyclic) bond motifs is 9. The minimum absolute atomic E-state index is 0.639. The molecule has 14 rings (SSSR count). The Kier molecular flexibility index (Phi) is 9.11. The largest absolute Gasteiger partial charge is 0.460 e. The molecule has 0 aliphatic heterocycles. The van der Waals surface area contributed by atoms with E-state index in [-0.39, 0.29) is 0 Å². The fourth-order valence-corrected chi connectivity index (χ4v) is 11.2. The van der Waals surface area contributed by atoms with Gasteiger partial charge in [0.05, 0.1) is 27.8 Å². The average Bonchev–Trinajstić information content (AvgIpc) is 4.07. The van der Waals surface area contributed by atoms with Crippen molar-refractivity contribution in [2.45, 2.75) is 6.42 Å². The molecule has 0 saturated carbocycles. The first-order valence-electron chi connectivity index (χ1n) is 24.1. The van der Waals surface area contributed by atoms with Gasteiger partial charge in [0.25, 0.3) is 0 Å². The molecule has 0 bridgehead atoms. The summed E-state index contributed by atoms with van der Waals surface area (Å²) in [6.45, 7) is 4.65. The summed E-state index contributed by atoms with van der Waals surface area (Å²) < 4.78 is 11.5. The van der Waals surface area contributed by atoms with Crippen molar-refractivity contribution < 1.29 is 4.42 Å². The molecular formula is C67H44N2O. The Morgan fingerprint density at radius 2 is 0.871 bits per heavy atom. The van der Waals surface area contributed by atoms with E-state index >= 15 is 0 Å². The fraction of sp³-hybridized carbons (Fsp3) is 0.0149. The van der Waals surface area contributed by atoms with Gasteiger partial charge >= 0.3 is 0 Å². The van der Waals surface area contributed by atoms with E-state index in [0.29, 0.717) is 6.42 Å². The minimum Gasteiger partial charge on any atom is -0.460 e. The third-order valence-electron chi connectivity index (χ3n) is 14.5. The van der Waals surface area contributed by atoms with Crippen molar-refractivity contribution in [1.29, 1.82) is 0 Å². The van der Waals surface area contributed by atoms with Crippen LogP contribution in [0.25, 0.3) is 122 Å². The highest BCUT2D eigenvalue weighted by molar-refractivity contribution is 6.14. The van der Waals surface area contributed by atoms with E-state index in [0.717, 1.165) is 61.4 Å². The zero-order valence-corrected chi connectivity index (χ0v) is 38.3. The molecular weight excluding hydrogens is 849 g/mol. The number of benzene rings is 10. The van der Waals surface area contributed by atoms with Gasteiger partial charge in [0, 0.05) is 50.2 Å². The molecule has 13 aromatic rings. The van der Waals surface area contributed by atoms with Crippen LogP contribution in [0, 0.1) is 0 Å². The van der Waals surface area contributed by atoms with Gasteiger partial charge in [-0.25, -0.2) is 0 Å². The minimum atomic E-state index is 0.639. The Morgan fingerprint density at radius 1 is 0.357 bits per heavy atom. The van der Waals surface area contributed by atoms with Crippen LogP contribution < -0.4 is 0 Å². The molecule has 3 heteroatoms. The van der Waals surface area contributed by atoms with Gasteiger partial charge in [-0.2, -0.15) is 0 Å². The molecule has 328 valence electrons. The monoisotopic (exact) mass is 892 g/mol. The number of nitrogens with zero attached hydrogens (tertiary/aromatic N) is 2. The molecule has 10 aromatic carbocycles. The van der Waals surface area contributed by atoms with Gasteiger partial charge < -0.3 is 13.6 Å². The van der Waals surface area contributed by atoms with Crippen molar-refractivity contribution in [2.75, 3.05) is 0 Å². The number of hydrogen-bond donors (Lipinski definition) is 0. The van der Waals surface area contributed by atoms with Crippen molar-refractivity contribution >= 4 is 66.2 Å². The molecule has 0 fully saturated rings. The normalized spacial score (nSPS) is 12.6. The van der Waals surface area contributed by atoms with Gasteiger partial charge in [0.15, 0.2) is 0 Å².